The number of aryl methyl sites for hydroxylation is 1. The molecule has 0 saturated carbocycles. The van der Waals surface area contributed by atoms with Crippen LogP contribution in [0.4, 0.5) is 10.1 Å². The molecule has 1 aromatic heterocycles. The van der Waals surface area contributed by atoms with Crippen LogP contribution in [-0.4, -0.2) is 16.4 Å². The normalized spacial score (nSPS) is 17.5. The number of carbonyl (C=O) groups is 2. The van der Waals surface area contributed by atoms with Gasteiger partial charge in [-0.15, -0.1) is 0 Å². The van der Waals surface area contributed by atoms with Crippen LogP contribution in [0.1, 0.15) is 32.6 Å². The van der Waals surface area contributed by atoms with Crippen molar-refractivity contribution < 1.29 is 18.4 Å². The maximum Gasteiger partial charge on any atom is 0.419 e. The van der Waals surface area contributed by atoms with E-state index in [4.69, 9.17) is 4.42 Å². The average molecular weight is 330 g/mol. The van der Waals surface area contributed by atoms with Gasteiger partial charge in [0.1, 0.15) is 0 Å². The number of anilines is 1. The molecule has 2 amide bonds. The Morgan fingerprint density at radius 3 is 2.42 bits per heavy atom. The fourth-order valence-electron chi connectivity index (χ4n) is 3.48. The minimum absolute atomic E-state index is 0.106. The lowest BCUT2D eigenvalue weighted by molar-refractivity contribution is -0.120. The highest BCUT2D eigenvalue weighted by molar-refractivity contribution is 6.33. The van der Waals surface area contributed by atoms with Gasteiger partial charge in [-0.2, -0.15) is 0 Å². The van der Waals surface area contributed by atoms with Gasteiger partial charge in [0, 0.05) is 23.8 Å². The zero-order chi connectivity index (χ0) is 17.0. The van der Waals surface area contributed by atoms with Gasteiger partial charge >= 0.3 is 5.76 Å². The number of hydrogen-bond acceptors (Lipinski definition) is 4. The van der Waals surface area contributed by atoms with E-state index >= 15 is 0 Å². The lowest BCUT2D eigenvalue weighted by Crippen LogP contribution is -2.33. The molecule has 7 heteroatoms. The fraction of sp³-hybridized carbons (Fsp3) is 0.353. The van der Waals surface area contributed by atoms with Crippen LogP contribution in [0.2, 0.25) is 0 Å². The molecule has 1 aliphatic carbocycles. The third-order valence-corrected chi connectivity index (χ3v) is 4.57. The van der Waals surface area contributed by atoms with Crippen molar-refractivity contribution in [2.75, 3.05) is 4.90 Å². The van der Waals surface area contributed by atoms with Crippen molar-refractivity contribution in [3.63, 3.8) is 0 Å². The number of nitrogens with zero attached hydrogens (tertiary/aromatic N) is 2. The Bertz CT molecular complexity index is 956. The molecule has 24 heavy (non-hydrogen) atoms. The summed E-state index contributed by atoms with van der Waals surface area (Å²) in [6.45, 7) is 2.31. The Morgan fingerprint density at radius 2 is 1.79 bits per heavy atom. The maximum atomic E-state index is 14.5. The fourth-order valence-corrected chi connectivity index (χ4v) is 3.48. The van der Waals surface area contributed by atoms with Crippen LogP contribution in [0.15, 0.2) is 32.5 Å². The van der Waals surface area contributed by atoms with Crippen LogP contribution >= 0.6 is 0 Å². The van der Waals surface area contributed by atoms with Gasteiger partial charge in [0.15, 0.2) is 11.4 Å². The lowest BCUT2D eigenvalue weighted by Gasteiger charge is -2.17. The van der Waals surface area contributed by atoms with Crippen LogP contribution in [0.3, 0.4) is 0 Å². The molecule has 2 heterocycles. The molecule has 0 atom stereocenters. The Morgan fingerprint density at radius 1 is 1.12 bits per heavy atom. The quantitative estimate of drug-likeness (QED) is 0.811. The predicted molar refractivity (Wildman–Crippen MR) is 84.1 cm³/mol. The van der Waals surface area contributed by atoms with Gasteiger partial charge in [-0.3, -0.25) is 14.2 Å². The van der Waals surface area contributed by atoms with Crippen molar-refractivity contribution in [1.82, 2.24) is 4.57 Å². The van der Waals surface area contributed by atoms with E-state index in [9.17, 15) is 18.8 Å². The summed E-state index contributed by atoms with van der Waals surface area (Å²) in [5.74, 6) is -2.26. The van der Waals surface area contributed by atoms with E-state index < -0.39 is 23.4 Å². The van der Waals surface area contributed by atoms with Crippen LogP contribution < -0.4 is 10.7 Å². The van der Waals surface area contributed by atoms with Gasteiger partial charge in [-0.05, 0) is 31.7 Å². The van der Waals surface area contributed by atoms with E-state index in [1.165, 1.54) is 10.6 Å². The molecule has 6 nitrogen and oxygen atoms in total. The summed E-state index contributed by atoms with van der Waals surface area (Å²) in [6, 6.07) is 2.41. The van der Waals surface area contributed by atoms with E-state index in [0.717, 1.165) is 17.4 Å². The molecule has 4 rings (SSSR count). The molecule has 0 unspecified atom stereocenters. The first-order valence-electron chi connectivity index (χ1n) is 7.96. The second-order valence-corrected chi connectivity index (χ2v) is 6.05. The van der Waals surface area contributed by atoms with Gasteiger partial charge in [-0.1, -0.05) is 6.92 Å². The summed E-state index contributed by atoms with van der Waals surface area (Å²) >= 11 is 0. The Balaban J connectivity index is 1.87. The molecule has 2 aliphatic rings. The summed E-state index contributed by atoms with van der Waals surface area (Å²) in [5.41, 5.74) is 1.33. The van der Waals surface area contributed by atoms with E-state index in [0.29, 0.717) is 42.5 Å². The summed E-state index contributed by atoms with van der Waals surface area (Å²) < 4.78 is 20.9. The van der Waals surface area contributed by atoms with Crippen LogP contribution in [-0.2, 0) is 16.1 Å². The number of amides is 2. The van der Waals surface area contributed by atoms with E-state index in [2.05, 4.69) is 0 Å². The number of aromatic nitrogens is 1. The van der Waals surface area contributed by atoms with Crippen LogP contribution in [0.25, 0.3) is 11.1 Å². The lowest BCUT2D eigenvalue weighted by atomic mass is 10.2. The minimum atomic E-state index is -0.761. The highest BCUT2D eigenvalue weighted by Crippen LogP contribution is 2.38. The summed E-state index contributed by atoms with van der Waals surface area (Å²) in [7, 11) is 0. The van der Waals surface area contributed by atoms with Crippen molar-refractivity contribution in [2.24, 2.45) is 0 Å². The number of benzene rings is 1. The number of oxazole rings is 1. The number of halogens is 1. The first-order chi connectivity index (χ1) is 11.5. The third kappa shape index (κ3) is 1.90. The standard InChI is InChI=1S/C17H15FN2O4/c1-2-6-19-13-8-12(11(18)7-14(13)24-17(19)23)20-15(21)9-4-3-5-10(9)16(20)22/h7-8H,2-6H2,1H3. The number of carbonyl (C=O) groups excluding carboxylic acids is 2. The Labute approximate surface area is 136 Å². The molecule has 0 saturated heterocycles. The van der Waals surface area contributed by atoms with Crippen molar-refractivity contribution in [1.29, 1.82) is 0 Å². The predicted octanol–water partition coefficient (Wildman–Crippen LogP) is 2.50. The van der Waals surface area contributed by atoms with Gasteiger partial charge in [0.25, 0.3) is 11.8 Å². The van der Waals surface area contributed by atoms with Crippen LogP contribution in [0.5, 0.6) is 0 Å². The molecule has 1 aromatic carbocycles. The number of fused-ring (bicyclic) bond motifs is 1. The molecule has 0 N–H and O–H groups in total. The zero-order valence-corrected chi connectivity index (χ0v) is 13.1. The highest BCUT2D eigenvalue weighted by atomic mass is 19.1. The SMILES string of the molecule is CCCn1c(=O)oc2cc(F)c(N3C(=O)C4=C(CCC4)C3=O)cc21. The molecule has 0 radical (unpaired) electrons. The molecule has 2 aromatic rings. The Kier molecular flexibility index (Phi) is 3.19. The first kappa shape index (κ1) is 14.9. The number of hydrogen-bond donors (Lipinski definition) is 0. The van der Waals surface area contributed by atoms with E-state index in [1.807, 2.05) is 6.92 Å². The first-order valence-corrected chi connectivity index (χ1v) is 7.96. The summed E-state index contributed by atoms with van der Waals surface area (Å²) in [5, 5.41) is 0. The monoisotopic (exact) mass is 330 g/mol. The van der Waals surface area contributed by atoms with Crippen molar-refractivity contribution in [3.8, 4) is 0 Å². The summed E-state index contributed by atoms with van der Waals surface area (Å²) in [6.07, 6.45) is 2.56. The van der Waals surface area contributed by atoms with Gasteiger partial charge in [-0.25, -0.2) is 14.1 Å². The second-order valence-electron chi connectivity index (χ2n) is 6.05. The molecule has 0 spiro atoms. The molecular weight excluding hydrogens is 315 g/mol. The minimum Gasteiger partial charge on any atom is -0.408 e. The molecule has 0 bridgehead atoms. The number of rotatable bonds is 3. The van der Waals surface area contributed by atoms with Gasteiger partial charge < -0.3 is 4.42 Å². The van der Waals surface area contributed by atoms with Crippen molar-refractivity contribution in [2.45, 2.75) is 39.2 Å². The third-order valence-electron chi connectivity index (χ3n) is 4.57. The van der Waals surface area contributed by atoms with Crippen LogP contribution in [0, 0.1) is 5.82 Å². The van der Waals surface area contributed by atoms with Gasteiger partial charge in [0.05, 0.1) is 11.2 Å². The van der Waals surface area contributed by atoms with E-state index in [1.54, 1.807) is 0 Å². The van der Waals surface area contributed by atoms with Gasteiger partial charge in [0.2, 0.25) is 0 Å². The number of imide groups is 1. The largest absolute Gasteiger partial charge is 0.419 e. The summed E-state index contributed by atoms with van der Waals surface area (Å²) in [4.78, 5) is 37.7. The molecule has 0 fully saturated rings. The van der Waals surface area contributed by atoms with Crippen molar-refractivity contribution in [3.05, 3.63) is 39.6 Å². The second kappa shape index (κ2) is 5.15. The molecular formula is C17H15FN2O4. The van der Waals surface area contributed by atoms with Crippen molar-refractivity contribution >= 4 is 28.6 Å². The topological polar surface area (TPSA) is 72.5 Å². The molecule has 1 aliphatic heterocycles. The molecule has 124 valence electrons. The maximum absolute atomic E-state index is 14.5. The smallest absolute Gasteiger partial charge is 0.408 e. The zero-order valence-electron chi connectivity index (χ0n) is 13.1. The highest BCUT2D eigenvalue weighted by Gasteiger charge is 2.42. The average Bonchev–Trinajstić information content (AvgIpc) is 3.19. The van der Waals surface area contributed by atoms with E-state index in [-0.39, 0.29) is 11.3 Å². The Hall–Kier alpha value is -2.70.